The van der Waals surface area contributed by atoms with Crippen LogP contribution in [-0.2, 0) is 25.4 Å². The molecule has 3 amide bonds. The van der Waals surface area contributed by atoms with Crippen LogP contribution in [0.1, 0.15) is 21.9 Å². The smallest absolute Gasteiger partial charge is 0.418 e. The number of likely N-dealkylation sites (tertiary alicyclic amines) is 1. The molecule has 3 atom stereocenters. The number of thiazole rings is 1. The Morgan fingerprint density at radius 2 is 1.85 bits per heavy atom. The number of imide groups is 1. The third-order valence-corrected chi connectivity index (χ3v) is 9.02. The van der Waals surface area contributed by atoms with Gasteiger partial charge in [0.15, 0.2) is 6.61 Å². The average molecular weight is 628 g/mol. The maximum Gasteiger partial charge on any atom is 0.418 e. The second-order valence-corrected chi connectivity index (χ2v) is 11.6. The van der Waals surface area contributed by atoms with Crippen LogP contribution in [-0.4, -0.2) is 57.1 Å². The number of carboxylic acid groups (broad SMARTS) is 1. The Balaban J connectivity index is 1.48. The molecule has 1 fully saturated rings. The molecule has 0 saturated carbocycles. The van der Waals surface area contributed by atoms with Crippen LogP contribution in [0.25, 0.3) is 0 Å². The zero-order valence-electron chi connectivity index (χ0n) is 20.4. The number of ether oxygens (including phenoxy) is 1. The van der Waals surface area contributed by atoms with E-state index >= 15 is 0 Å². The molecule has 3 N–H and O–H groups in total. The fraction of sp³-hybridized carbons (Fsp3) is 0.240. The molecule has 3 aromatic rings. The van der Waals surface area contributed by atoms with Gasteiger partial charge in [-0.1, -0.05) is 46.8 Å². The van der Waals surface area contributed by atoms with Gasteiger partial charge in [0.1, 0.15) is 17.5 Å². The number of thioether (sulfide) groups is 1. The molecule has 5 rings (SSSR count). The normalized spacial score (nSPS) is 20.0. The Kier molecular flexibility index (Phi) is 7.61. The van der Waals surface area contributed by atoms with Crippen molar-refractivity contribution in [2.45, 2.75) is 22.4 Å². The fourth-order valence-corrected chi connectivity index (χ4v) is 7.47. The first-order valence-electron chi connectivity index (χ1n) is 11.7. The lowest BCUT2D eigenvalue weighted by Crippen LogP contribution is -2.36. The summed E-state index contributed by atoms with van der Waals surface area (Å²) in [7, 11) is 0. The Morgan fingerprint density at radius 1 is 1.12 bits per heavy atom. The second kappa shape index (κ2) is 10.9. The number of aromatic nitrogens is 1. The molecule has 0 aliphatic carbocycles. The molecule has 2 unspecified atom stereocenters. The summed E-state index contributed by atoms with van der Waals surface area (Å²) < 4.78 is 45.7. The summed E-state index contributed by atoms with van der Waals surface area (Å²) in [6, 6.07) is 8.65. The highest BCUT2D eigenvalue weighted by atomic mass is 35.5. The minimum atomic E-state index is -4.71. The Bertz CT molecular complexity index is 1640. The first-order valence-corrected chi connectivity index (χ1v) is 13.8. The van der Waals surface area contributed by atoms with E-state index in [4.69, 9.17) is 16.3 Å². The van der Waals surface area contributed by atoms with Gasteiger partial charge in [0.2, 0.25) is 11.8 Å². The summed E-state index contributed by atoms with van der Waals surface area (Å²) in [5.41, 5.74) is -1.28. The quantitative estimate of drug-likeness (QED) is 0.336. The highest BCUT2D eigenvalue weighted by Gasteiger charge is 2.56. The number of carbonyl (C=O) groups excluding carboxylic acids is 3. The number of anilines is 1. The lowest BCUT2D eigenvalue weighted by molar-refractivity contribution is -0.149. The predicted molar refractivity (Wildman–Crippen MR) is 141 cm³/mol. The van der Waals surface area contributed by atoms with E-state index in [0.29, 0.717) is 14.8 Å². The number of para-hydroxylation sites is 1. The summed E-state index contributed by atoms with van der Waals surface area (Å²) >= 11 is 7.98. The first-order chi connectivity index (χ1) is 19.3. The van der Waals surface area contributed by atoms with Crippen LogP contribution in [0.3, 0.4) is 0 Å². The van der Waals surface area contributed by atoms with Crippen LogP contribution in [0, 0.1) is 5.92 Å². The molecule has 0 radical (unpaired) electrons. The number of nitrogens with one attached hydrogen (secondary N) is 2. The van der Waals surface area contributed by atoms with Gasteiger partial charge in [0.05, 0.1) is 22.2 Å². The third kappa shape index (κ3) is 5.56. The van der Waals surface area contributed by atoms with Crippen LogP contribution >= 0.6 is 34.7 Å². The standard InChI is InChI=1S/C25H17ClF3N3O7S2/c26-10-5-6-14(39-9-15(33)30-13-4-2-1-3-12(13)25(27,28)29)11(7-10)17-18-20(40-21-19(17)41-24(38)31-21)23(37)32(22(18)36)8-16(34)35/h1-7,17-18,20H,8-9H2,(H,30,33)(H,31,38)(H,34,35)/t17-,18?,20?/m1/s1. The molecule has 3 heterocycles. The zero-order chi connectivity index (χ0) is 29.6. The number of aromatic amines is 1. The number of alkyl halides is 3. The number of hydrogen-bond acceptors (Lipinski definition) is 8. The second-order valence-electron chi connectivity index (χ2n) is 8.97. The summed E-state index contributed by atoms with van der Waals surface area (Å²) in [6.07, 6.45) is -4.71. The average Bonchev–Trinajstić information content (AvgIpc) is 3.38. The first kappa shape index (κ1) is 28.7. The van der Waals surface area contributed by atoms with Crippen molar-refractivity contribution >= 4 is 64.1 Å². The predicted octanol–water partition coefficient (Wildman–Crippen LogP) is 3.80. The molecule has 1 aromatic heterocycles. The molecule has 1 saturated heterocycles. The minimum absolute atomic E-state index is 0.0213. The van der Waals surface area contributed by atoms with Gasteiger partial charge in [-0.3, -0.25) is 28.9 Å². The van der Waals surface area contributed by atoms with E-state index in [1.807, 2.05) is 0 Å². The lowest BCUT2D eigenvalue weighted by Gasteiger charge is -2.31. The number of halogens is 4. The van der Waals surface area contributed by atoms with Crippen molar-refractivity contribution in [1.82, 2.24) is 9.88 Å². The molecular formula is C25H17ClF3N3O7S2. The maximum atomic E-state index is 13.4. The lowest BCUT2D eigenvalue weighted by atomic mass is 9.82. The number of aliphatic carboxylic acids is 1. The third-order valence-electron chi connectivity index (χ3n) is 6.38. The van der Waals surface area contributed by atoms with Gasteiger partial charge in [-0.15, -0.1) is 0 Å². The van der Waals surface area contributed by atoms with Gasteiger partial charge in [-0.2, -0.15) is 13.2 Å². The topological polar surface area (TPSA) is 146 Å². The summed E-state index contributed by atoms with van der Waals surface area (Å²) in [5, 5.41) is 10.9. The molecule has 2 aliphatic heterocycles. The Labute approximate surface area is 241 Å². The van der Waals surface area contributed by atoms with Crippen LogP contribution in [0.4, 0.5) is 18.9 Å². The van der Waals surface area contributed by atoms with Gasteiger partial charge >= 0.3 is 17.0 Å². The Morgan fingerprint density at radius 3 is 2.56 bits per heavy atom. The van der Waals surface area contributed by atoms with E-state index in [-0.39, 0.29) is 16.3 Å². The molecule has 2 aliphatic rings. The number of H-pyrrole nitrogens is 1. The number of rotatable bonds is 7. The number of carbonyl (C=O) groups is 4. The van der Waals surface area contributed by atoms with Crippen molar-refractivity contribution in [3.05, 3.63) is 73.2 Å². The van der Waals surface area contributed by atoms with E-state index in [2.05, 4.69) is 10.3 Å². The summed E-state index contributed by atoms with van der Waals surface area (Å²) in [5.74, 6) is -5.89. The van der Waals surface area contributed by atoms with E-state index in [9.17, 15) is 42.3 Å². The minimum Gasteiger partial charge on any atom is -0.483 e. The number of carboxylic acids is 1. The molecule has 2 aromatic carbocycles. The van der Waals surface area contributed by atoms with E-state index in [1.165, 1.54) is 30.3 Å². The molecule has 214 valence electrons. The molecule has 10 nitrogen and oxygen atoms in total. The summed E-state index contributed by atoms with van der Waals surface area (Å²) in [6.45, 7) is -1.58. The van der Waals surface area contributed by atoms with Crippen LogP contribution in [0.15, 0.2) is 52.3 Å². The van der Waals surface area contributed by atoms with Gasteiger partial charge in [-0.25, -0.2) is 0 Å². The molecule has 41 heavy (non-hydrogen) atoms. The van der Waals surface area contributed by atoms with Gasteiger partial charge in [0.25, 0.3) is 5.91 Å². The van der Waals surface area contributed by atoms with E-state index in [0.717, 1.165) is 35.2 Å². The van der Waals surface area contributed by atoms with Crippen molar-refractivity contribution in [2.24, 2.45) is 5.92 Å². The number of nitrogens with zero attached hydrogens (tertiary/aromatic N) is 1. The van der Waals surface area contributed by atoms with Crippen molar-refractivity contribution < 1.29 is 42.2 Å². The van der Waals surface area contributed by atoms with E-state index < -0.39 is 76.2 Å². The number of amides is 3. The van der Waals surface area contributed by atoms with Crippen molar-refractivity contribution in [3.8, 4) is 5.75 Å². The number of benzene rings is 2. The summed E-state index contributed by atoms with van der Waals surface area (Å²) in [4.78, 5) is 65.8. The molecule has 0 bridgehead atoms. The van der Waals surface area contributed by atoms with Crippen molar-refractivity contribution in [1.29, 1.82) is 0 Å². The van der Waals surface area contributed by atoms with Crippen LogP contribution < -0.4 is 14.9 Å². The van der Waals surface area contributed by atoms with Crippen LogP contribution in [0.5, 0.6) is 5.75 Å². The molecular weight excluding hydrogens is 611 g/mol. The SMILES string of the molecule is O=C(O)CN1C(=O)C2Sc3[nH]c(=O)sc3[C@H](c3cc(Cl)ccc3OCC(=O)Nc3ccccc3C(F)(F)F)C2C1=O. The Hall–Kier alpha value is -3.82. The fourth-order valence-electron chi connectivity index (χ4n) is 4.76. The largest absolute Gasteiger partial charge is 0.483 e. The van der Waals surface area contributed by atoms with Gasteiger partial charge < -0.3 is 20.1 Å². The van der Waals surface area contributed by atoms with Crippen LogP contribution in [0.2, 0.25) is 5.02 Å². The monoisotopic (exact) mass is 627 g/mol. The van der Waals surface area contributed by atoms with Crippen molar-refractivity contribution in [2.75, 3.05) is 18.5 Å². The molecule has 0 spiro atoms. The number of hydrogen-bond donors (Lipinski definition) is 3. The van der Waals surface area contributed by atoms with Gasteiger partial charge in [-0.05, 0) is 30.3 Å². The zero-order valence-corrected chi connectivity index (χ0v) is 22.7. The van der Waals surface area contributed by atoms with Crippen molar-refractivity contribution in [3.63, 3.8) is 0 Å². The highest BCUT2D eigenvalue weighted by Crippen LogP contribution is 2.54. The highest BCUT2D eigenvalue weighted by molar-refractivity contribution is 8.00. The van der Waals surface area contributed by atoms with E-state index in [1.54, 1.807) is 0 Å². The maximum absolute atomic E-state index is 13.4. The molecule has 16 heteroatoms. The number of fused-ring (bicyclic) bond motifs is 2. The van der Waals surface area contributed by atoms with Gasteiger partial charge in [0, 0.05) is 21.4 Å².